The van der Waals surface area contributed by atoms with Crippen LogP contribution in [-0.2, 0) is 4.79 Å². The van der Waals surface area contributed by atoms with Crippen LogP contribution in [0.4, 0.5) is 11.5 Å². The predicted octanol–water partition coefficient (Wildman–Crippen LogP) is 1.98. The molecule has 0 amide bonds. The Kier molecular flexibility index (Phi) is 4.69. The number of nitrogens with zero attached hydrogens (tertiary/aromatic N) is 4. The summed E-state index contributed by atoms with van der Waals surface area (Å²) in [7, 11) is 1.55. The van der Waals surface area contributed by atoms with Crippen LogP contribution in [0.5, 0.6) is 0 Å². The highest BCUT2D eigenvalue weighted by Crippen LogP contribution is 2.34. The van der Waals surface area contributed by atoms with Gasteiger partial charge >= 0.3 is 11.7 Å². The zero-order chi connectivity index (χ0) is 15.6. The van der Waals surface area contributed by atoms with Crippen molar-refractivity contribution in [3.8, 4) is 0 Å². The zero-order valence-electron chi connectivity index (χ0n) is 12.3. The van der Waals surface area contributed by atoms with Crippen molar-refractivity contribution < 1.29 is 14.8 Å². The van der Waals surface area contributed by atoms with Crippen molar-refractivity contribution in [1.29, 1.82) is 0 Å². The molecule has 1 unspecified atom stereocenters. The topological polar surface area (TPSA) is 102 Å². The SMILES string of the molecule is CCC(C(=O)O)N(C)c1c([N+](=O)[O-])c(C)nn1C(C)C. The lowest BCUT2D eigenvalue weighted by atomic mass is 10.2. The van der Waals surface area contributed by atoms with Gasteiger partial charge in [-0.15, -0.1) is 0 Å². The molecule has 0 aliphatic heterocycles. The van der Waals surface area contributed by atoms with Crippen LogP contribution < -0.4 is 4.90 Å². The third kappa shape index (κ3) is 2.73. The van der Waals surface area contributed by atoms with Crippen LogP contribution in [0.2, 0.25) is 0 Å². The highest BCUT2D eigenvalue weighted by atomic mass is 16.6. The summed E-state index contributed by atoms with van der Waals surface area (Å²) in [6.07, 6.45) is 0.339. The van der Waals surface area contributed by atoms with Crippen LogP contribution in [0, 0.1) is 17.0 Å². The predicted molar refractivity (Wildman–Crippen MR) is 74.1 cm³/mol. The van der Waals surface area contributed by atoms with E-state index >= 15 is 0 Å². The zero-order valence-corrected chi connectivity index (χ0v) is 12.3. The van der Waals surface area contributed by atoms with E-state index < -0.39 is 16.9 Å². The molecule has 0 saturated carbocycles. The van der Waals surface area contributed by atoms with Gasteiger partial charge in [-0.1, -0.05) is 6.92 Å². The molecule has 0 saturated heterocycles. The molecule has 8 heteroatoms. The van der Waals surface area contributed by atoms with Gasteiger partial charge in [0.2, 0.25) is 5.82 Å². The third-order valence-corrected chi connectivity index (χ3v) is 3.17. The minimum atomic E-state index is -1.02. The first-order valence-corrected chi connectivity index (χ1v) is 6.41. The fraction of sp³-hybridized carbons (Fsp3) is 0.667. The maximum atomic E-state index is 11.3. The Hall–Kier alpha value is -2.12. The Morgan fingerprint density at radius 3 is 2.45 bits per heavy atom. The second kappa shape index (κ2) is 5.89. The average Bonchev–Trinajstić information content (AvgIpc) is 2.67. The first-order chi connectivity index (χ1) is 9.22. The lowest BCUT2D eigenvalue weighted by molar-refractivity contribution is -0.384. The van der Waals surface area contributed by atoms with Gasteiger partial charge in [-0.2, -0.15) is 5.10 Å². The van der Waals surface area contributed by atoms with Crippen LogP contribution in [0.3, 0.4) is 0 Å². The molecule has 0 aromatic carbocycles. The Morgan fingerprint density at radius 2 is 2.10 bits per heavy atom. The monoisotopic (exact) mass is 284 g/mol. The van der Waals surface area contributed by atoms with Crippen LogP contribution in [0.25, 0.3) is 0 Å². The standard InChI is InChI=1S/C12H20N4O4/c1-6-9(12(17)18)14(5)11-10(16(19)20)8(4)13-15(11)7(2)3/h7,9H,6H2,1-5H3,(H,17,18). The fourth-order valence-corrected chi connectivity index (χ4v) is 2.19. The Bertz CT molecular complexity index is 524. The van der Waals surface area contributed by atoms with Crippen molar-refractivity contribution in [2.24, 2.45) is 0 Å². The molecule has 0 bridgehead atoms. The van der Waals surface area contributed by atoms with Gasteiger partial charge in [0, 0.05) is 13.1 Å². The summed E-state index contributed by atoms with van der Waals surface area (Å²) in [6, 6.07) is -0.937. The smallest absolute Gasteiger partial charge is 0.333 e. The van der Waals surface area contributed by atoms with Crippen molar-refractivity contribution in [2.75, 3.05) is 11.9 Å². The molecule has 1 N–H and O–H groups in total. The molecule has 0 radical (unpaired) electrons. The van der Waals surface area contributed by atoms with E-state index in [1.807, 2.05) is 13.8 Å². The maximum Gasteiger partial charge on any atom is 0.333 e. The molecule has 20 heavy (non-hydrogen) atoms. The fourth-order valence-electron chi connectivity index (χ4n) is 2.19. The Labute approximate surface area is 117 Å². The normalized spacial score (nSPS) is 12.5. The van der Waals surface area contributed by atoms with E-state index in [0.29, 0.717) is 6.42 Å². The lowest BCUT2D eigenvalue weighted by Gasteiger charge is -2.26. The van der Waals surface area contributed by atoms with E-state index in [1.54, 1.807) is 20.9 Å². The van der Waals surface area contributed by atoms with Gasteiger partial charge < -0.3 is 10.0 Å². The molecule has 0 aliphatic carbocycles. The first-order valence-electron chi connectivity index (χ1n) is 6.41. The molecule has 0 spiro atoms. The van der Waals surface area contributed by atoms with E-state index in [2.05, 4.69) is 5.10 Å². The van der Waals surface area contributed by atoms with E-state index in [0.717, 1.165) is 0 Å². The Morgan fingerprint density at radius 1 is 1.55 bits per heavy atom. The molecule has 112 valence electrons. The molecule has 1 heterocycles. The highest BCUT2D eigenvalue weighted by Gasteiger charge is 2.33. The van der Waals surface area contributed by atoms with Crippen molar-refractivity contribution in [3.63, 3.8) is 0 Å². The Balaban J connectivity index is 3.47. The number of hydrogen-bond acceptors (Lipinski definition) is 5. The van der Waals surface area contributed by atoms with E-state index in [1.165, 1.54) is 9.58 Å². The minimum absolute atomic E-state index is 0.105. The molecular weight excluding hydrogens is 264 g/mol. The van der Waals surface area contributed by atoms with E-state index in [9.17, 15) is 20.0 Å². The average molecular weight is 284 g/mol. The van der Waals surface area contributed by atoms with Crippen molar-refractivity contribution >= 4 is 17.5 Å². The number of hydrogen-bond donors (Lipinski definition) is 1. The number of carbonyl (C=O) groups is 1. The summed E-state index contributed by atoms with van der Waals surface area (Å²) in [6.45, 7) is 6.96. The first kappa shape index (κ1) is 15.9. The molecule has 0 aliphatic rings. The molecule has 0 fully saturated rings. The number of carboxylic acids is 1. The van der Waals surface area contributed by atoms with Crippen molar-refractivity contribution in [1.82, 2.24) is 9.78 Å². The molecule has 1 aromatic rings. The summed E-state index contributed by atoms with van der Waals surface area (Å²) >= 11 is 0. The van der Waals surface area contributed by atoms with Crippen molar-refractivity contribution in [2.45, 2.75) is 46.2 Å². The van der Waals surface area contributed by atoms with E-state index in [4.69, 9.17) is 0 Å². The lowest BCUT2D eigenvalue weighted by Crippen LogP contribution is -2.39. The number of carboxylic acid groups (broad SMARTS) is 1. The van der Waals surface area contributed by atoms with Crippen LogP contribution in [0.1, 0.15) is 38.9 Å². The summed E-state index contributed by atoms with van der Waals surface area (Å²) < 4.78 is 1.50. The number of nitro groups is 1. The minimum Gasteiger partial charge on any atom is -0.480 e. The number of anilines is 1. The number of likely N-dealkylation sites (N-methyl/N-ethyl adjacent to an activating group) is 1. The van der Waals surface area contributed by atoms with Gasteiger partial charge in [0.25, 0.3) is 0 Å². The molecule has 1 atom stereocenters. The summed E-state index contributed by atoms with van der Waals surface area (Å²) in [5.74, 6) is -0.782. The van der Waals surface area contributed by atoms with Gasteiger partial charge in [-0.05, 0) is 27.2 Å². The van der Waals surface area contributed by atoms with E-state index in [-0.39, 0.29) is 23.2 Å². The molecule has 1 rings (SSSR count). The second-order valence-corrected chi connectivity index (χ2v) is 4.93. The number of aliphatic carboxylic acids is 1. The maximum absolute atomic E-state index is 11.3. The van der Waals surface area contributed by atoms with Gasteiger partial charge in [0.1, 0.15) is 11.7 Å². The third-order valence-electron chi connectivity index (χ3n) is 3.17. The summed E-state index contributed by atoms with van der Waals surface area (Å²) in [5.41, 5.74) is 0.145. The van der Waals surface area contributed by atoms with Crippen LogP contribution in [-0.4, -0.2) is 38.9 Å². The van der Waals surface area contributed by atoms with Gasteiger partial charge in [0.15, 0.2) is 0 Å². The van der Waals surface area contributed by atoms with Gasteiger partial charge in [-0.3, -0.25) is 10.1 Å². The van der Waals surface area contributed by atoms with Crippen molar-refractivity contribution in [3.05, 3.63) is 15.8 Å². The van der Waals surface area contributed by atoms with Crippen LogP contribution >= 0.6 is 0 Å². The number of aromatic nitrogens is 2. The summed E-state index contributed by atoms with van der Waals surface area (Å²) in [5, 5.41) is 24.6. The molecule has 1 aromatic heterocycles. The summed E-state index contributed by atoms with van der Waals surface area (Å²) in [4.78, 5) is 23.4. The number of aryl methyl sites for hydroxylation is 1. The highest BCUT2D eigenvalue weighted by molar-refractivity contribution is 5.79. The van der Waals surface area contributed by atoms with Gasteiger partial charge in [0.05, 0.1) is 4.92 Å². The number of rotatable bonds is 6. The quantitative estimate of drug-likeness (QED) is 0.633. The molecular formula is C12H20N4O4. The van der Waals surface area contributed by atoms with Crippen LogP contribution in [0.15, 0.2) is 0 Å². The largest absolute Gasteiger partial charge is 0.480 e. The second-order valence-electron chi connectivity index (χ2n) is 4.93. The molecule has 8 nitrogen and oxygen atoms in total. The van der Waals surface area contributed by atoms with Gasteiger partial charge in [-0.25, -0.2) is 9.48 Å².